The number of esters is 2. The van der Waals surface area contributed by atoms with Crippen molar-refractivity contribution >= 4 is 11.9 Å². The molecule has 0 saturated heterocycles. The van der Waals surface area contributed by atoms with E-state index in [9.17, 15) is 14.7 Å². The molecule has 0 aromatic heterocycles. The highest BCUT2D eigenvalue weighted by atomic mass is 16.5. The van der Waals surface area contributed by atoms with Crippen LogP contribution in [0, 0.1) is 5.41 Å². The number of aliphatic hydroxyl groups excluding tert-OH is 1. The zero-order valence-corrected chi connectivity index (χ0v) is 21.3. The molecule has 5 nitrogen and oxygen atoms in total. The van der Waals surface area contributed by atoms with Crippen molar-refractivity contribution < 1.29 is 24.2 Å². The summed E-state index contributed by atoms with van der Waals surface area (Å²) >= 11 is 0. The molecular weight excluding hydrogens is 416 g/mol. The van der Waals surface area contributed by atoms with Gasteiger partial charge in [-0.15, -0.1) is 13.2 Å². The van der Waals surface area contributed by atoms with Crippen LogP contribution in [0.15, 0.2) is 25.3 Å². The molecule has 0 radical (unpaired) electrons. The first-order chi connectivity index (χ1) is 16.0. The van der Waals surface area contributed by atoms with Crippen LogP contribution in [-0.2, 0) is 19.1 Å². The third kappa shape index (κ3) is 18.5. The third-order valence-corrected chi connectivity index (χ3v) is 6.24. The van der Waals surface area contributed by atoms with Gasteiger partial charge in [-0.2, -0.15) is 0 Å². The van der Waals surface area contributed by atoms with E-state index >= 15 is 0 Å². The van der Waals surface area contributed by atoms with Gasteiger partial charge in [0.2, 0.25) is 0 Å². The van der Waals surface area contributed by atoms with E-state index in [1.54, 1.807) is 0 Å². The molecule has 0 aliphatic carbocycles. The van der Waals surface area contributed by atoms with Crippen LogP contribution >= 0.6 is 0 Å². The summed E-state index contributed by atoms with van der Waals surface area (Å²) in [5.74, 6) is -0.486. The van der Waals surface area contributed by atoms with Gasteiger partial charge in [-0.1, -0.05) is 70.4 Å². The van der Waals surface area contributed by atoms with Gasteiger partial charge in [0.1, 0.15) is 13.2 Å². The average molecular weight is 467 g/mol. The van der Waals surface area contributed by atoms with Crippen LogP contribution in [0.25, 0.3) is 0 Å². The molecule has 1 N–H and O–H groups in total. The molecule has 0 aromatic rings. The van der Waals surface area contributed by atoms with E-state index in [-0.39, 0.29) is 31.8 Å². The number of hydrogen-bond donors (Lipinski definition) is 1. The Bertz CT molecular complexity index is 468. The van der Waals surface area contributed by atoms with Crippen molar-refractivity contribution in [2.45, 2.75) is 116 Å². The standard InChI is InChI=1S/C28H50O5/c1-4-7-9-11-13-15-17-19-21-26(30)32-24-28(6-3,23-29)25-33-27(31)22-20-18-16-14-12-10-8-5-2/h4-5,29H,1-2,6-25H2,3H3. The van der Waals surface area contributed by atoms with Crippen LogP contribution in [0.4, 0.5) is 0 Å². The SMILES string of the molecule is C=CCCCCCCCCC(=O)OCC(CC)(CO)COC(=O)CCCCCCCCC=C. The van der Waals surface area contributed by atoms with Crippen molar-refractivity contribution in [1.29, 1.82) is 0 Å². The van der Waals surface area contributed by atoms with Gasteiger partial charge in [0, 0.05) is 12.8 Å². The number of aliphatic hydroxyl groups is 1. The van der Waals surface area contributed by atoms with Crippen LogP contribution in [0.5, 0.6) is 0 Å². The summed E-state index contributed by atoms with van der Waals surface area (Å²) < 4.78 is 10.9. The maximum Gasteiger partial charge on any atom is 0.305 e. The molecule has 0 spiro atoms. The summed E-state index contributed by atoms with van der Waals surface area (Å²) in [6.07, 6.45) is 20.5. The molecule has 0 heterocycles. The first-order valence-corrected chi connectivity index (χ1v) is 13.2. The lowest BCUT2D eigenvalue weighted by molar-refractivity contribution is -0.156. The monoisotopic (exact) mass is 466 g/mol. The van der Waals surface area contributed by atoms with E-state index in [4.69, 9.17) is 9.47 Å². The van der Waals surface area contributed by atoms with Crippen molar-refractivity contribution in [3.8, 4) is 0 Å². The zero-order valence-electron chi connectivity index (χ0n) is 21.3. The van der Waals surface area contributed by atoms with Gasteiger partial charge < -0.3 is 14.6 Å². The van der Waals surface area contributed by atoms with Gasteiger partial charge in [0.15, 0.2) is 0 Å². The van der Waals surface area contributed by atoms with Crippen molar-refractivity contribution in [2.24, 2.45) is 5.41 Å². The summed E-state index contributed by atoms with van der Waals surface area (Å²) in [4.78, 5) is 24.2. The van der Waals surface area contributed by atoms with Gasteiger partial charge in [-0.05, 0) is 44.9 Å². The van der Waals surface area contributed by atoms with Gasteiger partial charge in [-0.25, -0.2) is 0 Å². The fourth-order valence-electron chi connectivity index (χ4n) is 3.59. The lowest BCUT2D eigenvalue weighted by atomic mass is 9.88. The zero-order chi connectivity index (χ0) is 24.6. The highest BCUT2D eigenvalue weighted by molar-refractivity contribution is 5.69. The second-order valence-corrected chi connectivity index (χ2v) is 9.23. The molecule has 0 atom stereocenters. The second-order valence-electron chi connectivity index (χ2n) is 9.23. The smallest absolute Gasteiger partial charge is 0.305 e. The molecule has 0 rings (SSSR count). The summed E-state index contributed by atoms with van der Waals surface area (Å²) in [6, 6.07) is 0. The topological polar surface area (TPSA) is 72.8 Å². The Balaban J connectivity index is 3.98. The number of rotatable bonds is 24. The fourth-order valence-corrected chi connectivity index (χ4v) is 3.59. The van der Waals surface area contributed by atoms with Gasteiger partial charge >= 0.3 is 11.9 Å². The van der Waals surface area contributed by atoms with Crippen LogP contribution in [0.3, 0.4) is 0 Å². The molecular formula is C28H50O5. The molecule has 0 aliphatic rings. The highest BCUT2D eigenvalue weighted by Crippen LogP contribution is 2.23. The van der Waals surface area contributed by atoms with E-state index < -0.39 is 5.41 Å². The molecule has 192 valence electrons. The number of hydrogen-bond acceptors (Lipinski definition) is 5. The summed E-state index contributed by atoms with van der Waals surface area (Å²) in [5.41, 5.74) is -0.721. The number of unbranched alkanes of at least 4 members (excludes halogenated alkanes) is 12. The Kier molecular flexibility index (Phi) is 21.1. The van der Waals surface area contributed by atoms with Gasteiger partial charge in [-0.3, -0.25) is 9.59 Å². The maximum absolute atomic E-state index is 12.1. The number of ether oxygens (including phenoxy) is 2. The maximum atomic E-state index is 12.1. The minimum absolute atomic E-state index is 0.0817. The largest absolute Gasteiger partial charge is 0.465 e. The van der Waals surface area contributed by atoms with E-state index in [0.29, 0.717) is 19.3 Å². The molecule has 0 unspecified atom stereocenters. The summed E-state index contributed by atoms with van der Waals surface area (Å²) in [7, 11) is 0. The minimum Gasteiger partial charge on any atom is -0.465 e. The van der Waals surface area contributed by atoms with Gasteiger partial charge in [0.05, 0.1) is 12.0 Å². The molecule has 0 aliphatic heterocycles. The minimum atomic E-state index is -0.721. The molecule has 33 heavy (non-hydrogen) atoms. The number of carbonyl (C=O) groups is 2. The first kappa shape index (κ1) is 31.4. The van der Waals surface area contributed by atoms with Crippen LogP contribution in [-0.4, -0.2) is 36.9 Å². The summed E-state index contributed by atoms with van der Waals surface area (Å²) in [6.45, 7) is 9.35. The molecule has 0 saturated carbocycles. The average Bonchev–Trinajstić information content (AvgIpc) is 2.83. The van der Waals surface area contributed by atoms with Gasteiger partial charge in [0.25, 0.3) is 0 Å². The number of allylic oxidation sites excluding steroid dienone is 2. The van der Waals surface area contributed by atoms with E-state index in [0.717, 1.165) is 51.4 Å². The molecule has 0 fully saturated rings. The highest BCUT2D eigenvalue weighted by Gasteiger charge is 2.31. The Morgan fingerprint density at radius 1 is 0.697 bits per heavy atom. The molecule has 0 amide bonds. The second kappa shape index (κ2) is 22.2. The molecule has 0 aromatic carbocycles. The summed E-state index contributed by atoms with van der Waals surface area (Å²) in [5, 5.41) is 9.88. The third-order valence-electron chi connectivity index (χ3n) is 6.24. The van der Waals surface area contributed by atoms with E-state index in [1.165, 1.54) is 38.5 Å². The lowest BCUT2D eigenvalue weighted by Crippen LogP contribution is -2.37. The Hall–Kier alpha value is -1.62. The lowest BCUT2D eigenvalue weighted by Gasteiger charge is -2.29. The van der Waals surface area contributed by atoms with Crippen LogP contribution in [0.1, 0.15) is 116 Å². The first-order valence-electron chi connectivity index (χ1n) is 13.2. The van der Waals surface area contributed by atoms with E-state index in [1.807, 2.05) is 19.1 Å². The quantitative estimate of drug-likeness (QED) is 0.0935. The van der Waals surface area contributed by atoms with Crippen LogP contribution < -0.4 is 0 Å². The fraction of sp³-hybridized carbons (Fsp3) is 0.786. The van der Waals surface area contributed by atoms with Crippen molar-refractivity contribution in [3.63, 3.8) is 0 Å². The Morgan fingerprint density at radius 3 is 1.39 bits per heavy atom. The predicted molar refractivity (Wildman–Crippen MR) is 136 cm³/mol. The van der Waals surface area contributed by atoms with Crippen molar-refractivity contribution in [1.82, 2.24) is 0 Å². The van der Waals surface area contributed by atoms with Crippen molar-refractivity contribution in [3.05, 3.63) is 25.3 Å². The molecule has 5 heteroatoms. The van der Waals surface area contributed by atoms with Crippen LogP contribution in [0.2, 0.25) is 0 Å². The molecule has 0 bridgehead atoms. The predicted octanol–water partition coefficient (Wildman–Crippen LogP) is 7.08. The Morgan fingerprint density at radius 2 is 1.06 bits per heavy atom. The normalized spacial score (nSPS) is 11.2. The van der Waals surface area contributed by atoms with Crippen molar-refractivity contribution in [2.75, 3.05) is 19.8 Å². The van der Waals surface area contributed by atoms with E-state index in [2.05, 4.69) is 13.2 Å². The number of carbonyl (C=O) groups excluding carboxylic acids is 2. The Labute approximate surface area is 203 Å².